The first-order valence-electron chi connectivity index (χ1n) is 8.32. The van der Waals surface area contributed by atoms with Gasteiger partial charge in [0.2, 0.25) is 5.91 Å². The molecule has 2 aromatic rings. The van der Waals surface area contributed by atoms with E-state index in [4.69, 9.17) is 23.2 Å². The highest BCUT2D eigenvalue weighted by atomic mass is 35.5. The Bertz CT molecular complexity index is 1000. The predicted octanol–water partition coefficient (Wildman–Crippen LogP) is 4.17. The standard InChI is InChI=1S/C20H15Cl2N3O2S/c1-24-18(26)15(11-23)20-25(14-5-3-2-4-6-14)19(27)17(28-20)10-12-9-13(21)7-8-16(12)22/h2-9,17H,10H2,1H3,(H,24,26)/b20-15-/t17-/m0/s1. The number of amides is 2. The number of rotatable bonds is 4. The zero-order valence-electron chi connectivity index (χ0n) is 14.8. The molecule has 142 valence electrons. The number of benzene rings is 2. The second-order valence-electron chi connectivity index (χ2n) is 5.93. The monoisotopic (exact) mass is 431 g/mol. The van der Waals surface area contributed by atoms with Crippen LogP contribution in [0.5, 0.6) is 0 Å². The lowest BCUT2D eigenvalue weighted by atomic mass is 10.1. The SMILES string of the molecule is CNC(=O)/C(C#N)=C1\S[C@@H](Cc2cc(Cl)ccc2Cl)C(=O)N1c1ccccc1. The van der Waals surface area contributed by atoms with Crippen LogP contribution in [0.3, 0.4) is 0 Å². The number of para-hydroxylation sites is 1. The van der Waals surface area contributed by atoms with Gasteiger partial charge < -0.3 is 5.32 Å². The van der Waals surface area contributed by atoms with Crippen LogP contribution in [-0.2, 0) is 16.0 Å². The fourth-order valence-corrected chi connectivity index (χ4v) is 4.51. The van der Waals surface area contributed by atoms with Gasteiger partial charge in [-0.1, -0.05) is 53.2 Å². The second kappa shape index (κ2) is 8.70. The Morgan fingerprint density at radius 1 is 1.25 bits per heavy atom. The molecule has 0 aliphatic carbocycles. The Hall–Kier alpha value is -2.46. The Morgan fingerprint density at radius 3 is 2.61 bits per heavy atom. The van der Waals surface area contributed by atoms with Crippen molar-refractivity contribution in [1.29, 1.82) is 5.26 Å². The van der Waals surface area contributed by atoms with E-state index in [0.717, 1.165) is 5.56 Å². The van der Waals surface area contributed by atoms with Gasteiger partial charge in [-0.25, -0.2) is 0 Å². The van der Waals surface area contributed by atoms with Gasteiger partial charge in [-0.15, -0.1) is 0 Å². The third-order valence-corrected chi connectivity index (χ3v) is 6.03. The maximum Gasteiger partial charge on any atom is 0.264 e. The smallest absolute Gasteiger partial charge is 0.264 e. The van der Waals surface area contributed by atoms with Crippen molar-refractivity contribution in [2.45, 2.75) is 11.7 Å². The number of hydrogen-bond donors (Lipinski definition) is 1. The Morgan fingerprint density at radius 2 is 1.96 bits per heavy atom. The molecule has 2 amide bonds. The molecule has 1 saturated heterocycles. The van der Waals surface area contributed by atoms with Gasteiger partial charge in [-0.2, -0.15) is 5.26 Å². The molecule has 1 N–H and O–H groups in total. The lowest BCUT2D eigenvalue weighted by molar-refractivity contribution is -0.117. The van der Waals surface area contributed by atoms with E-state index in [1.165, 1.54) is 23.7 Å². The fraction of sp³-hybridized carbons (Fsp3) is 0.150. The zero-order valence-corrected chi connectivity index (χ0v) is 17.1. The van der Waals surface area contributed by atoms with E-state index in [9.17, 15) is 14.9 Å². The molecule has 3 rings (SSSR count). The van der Waals surface area contributed by atoms with Crippen LogP contribution in [-0.4, -0.2) is 24.1 Å². The summed E-state index contributed by atoms with van der Waals surface area (Å²) in [5.41, 5.74) is 1.21. The van der Waals surface area contributed by atoms with Gasteiger partial charge in [0.1, 0.15) is 16.7 Å². The molecule has 1 atom stereocenters. The third kappa shape index (κ3) is 4.02. The molecule has 8 heteroatoms. The number of likely N-dealkylation sites (N-methyl/N-ethyl adjacent to an activating group) is 1. The number of thioether (sulfide) groups is 1. The molecular weight excluding hydrogens is 417 g/mol. The molecule has 0 aromatic heterocycles. The molecule has 5 nitrogen and oxygen atoms in total. The number of carbonyl (C=O) groups excluding carboxylic acids is 2. The van der Waals surface area contributed by atoms with Crippen LogP contribution in [0.4, 0.5) is 5.69 Å². The van der Waals surface area contributed by atoms with Crippen molar-refractivity contribution >= 4 is 52.5 Å². The van der Waals surface area contributed by atoms with Gasteiger partial charge in [0.25, 0.3) is 5.91 Å². The fourth-order valence-electron chi connectivity index (χ4n) is 2.82. The summed E-state index contributed by atoms with van der Waals surface area (Å²) in [7, 11) is 1.44. The zero-order chi connectivity index (χ0) is 20.3. The van der Waals surface area contributed by atoms with E-state index in [2.05, 4.69) is 5.32 Å². The van der Waals surface area contributed by atoms with Gasteiger partial charge in [0, 0.05) is 22.8 Å². The summed E-state index contributed by atoms with van der Waals surface area (Å²) >= 11 is 13.5. The number of nitrogens with zero attached hydrogens (tertiary/aromatic N) is 2. The highest BCUT2D eigenvalue weighted by Gasteiger charge is 2.40. The molecule has 0 unspecified atom stereocenters. The maximum atomic E-state index is 13.2. The van der Waals surface area contributed by atoms with Crippen LogP contribution >= 0.6 is 35.0 Å². The highest BCUT2D eigenvalue weighted by Crippen LogP contribution is 2.42. The Balaban J connectivity index is 2.05. The van der Waals surface area contributed by atoms with E-state index in [0.29, 0.717) is 27.2 Å². The summed E-state index contributed by atoms with van der Waals surface area (Å²) < 4.78 is 0. The molecule has 2 aromatic carbocycles. The second-order valence-corrected chi connectivity index (χ2v) is 7.96. The summed E-state index contributed by atoms with van der Waals surface area (Å²) in [6.45, 7) is 0. The largest absolute Gasteiger partial charge is 0.354 e. The summed E-state index contributed by atoms with van der Waals surface area (Å²) in [6, 6.07) is 15.9. The van der Waals surface area contributed by atoms with E-state index in [1.54, 1.807) is 42.5 Å². The molecule has 1 fully saturated rings. The highest BCUT2D eigenvalue weighted by molar-refractivity contribution is 8.05. The minimum absolute atomic E-state index is 0.107. The molecular formula is C20H15Cl2N3O2S. The van der Waals surface area contributed by atoms with Crippen LogP contribution in [0.25, 0.3) is 0 Å². The molecule has 0 bridgehead atoms. The number of carbonyl (C=O) groups is 2. The van der Waals surface area contributed by atoms with Crippen molar-refractivity contribution < 1.29 is 9.59 Å². The minimum atomic E-state index is -0.542. The normalized spacial score (nSPS) is 18.0. The van der Waals surface area contributed by atoms with E-state index < -0.39 is 11.2 Å². The molecule has 0 spiro atoms. The number of nitrogens with one attached hydrogen (secondary N) is 1. The van der Waals surface area contributed by atoms with Crippen LogP contribution in [0.2, 0.25) is 10.0 Å². The lowest BCUT2D eigenvalue weighted by Gasteiger charge is -2.18. The molecule has 0 radical (unpaired) electrons. The average molecular weight is 432 g/mol. The summed E-state index contributed by atoms with van der Waals surface area (Å²) in [5.74, 6) is -0.765. The third-order valence-electron chi connectivity index (χ3n) is 4.16. The van der Waals surface area contributed by atoms with Crippen molar-refractivity contribution in [2.75, 3.05) is 11.9 Å². The quantitative estimate of drug-likeness (QED) is 0.582. The topological polar surface area (TPSA) is 73.2 Å². The van der Waals surface area contributed by atoms with Crippen LogP contribution < -0.4 is 10.2 Å². The summed E-state index contributed by atoms with van der Waals surface area (Å²) in [5, 5.41) is 12.8. The predicted molar refractivity (Wildman–Crippen MR) is 112 cm³/mol. The van der Waals surface area contributed by atoms with Crippen molar-refractivity contribution in [3.05, 3.63) is 74.7 Å². The molecule has 1 heterocycles. The lowest BCUT2D eigenvalue weighted by Crippen LogP contribution is -2.31. The first kappa shape index (κ1) is 20.3. The Labute approximate surface area is 176 Å². The van der Waals surface area contributed by atoms with Crippen molar-refractivity contribution in [1.82, 2.24) is 5.32 Å². The first-order chi connectivity index (χ1) is 13.5. The van der Waals surface area contributed by atoms with Crippen molar-refractivity contribution in [3.63, 3.8) is 0 Å². The minimum Gasteiger partial charge on any atom is -0.354 e. The van der Waals surface area contributed by atoms with Gasteiger partial charge >= 0.3 is 0 Å². The molecule has 1 aliphatic heterocycles. The number of halogens is 2. The number of hydrogen-bond acceptors (Lipinski definition) is 4. The van der Waals surface area contributed by atoms with Gasteiger partial charge in [-0.3, -0.25) is 14.5 Å². The molecule has 0 saturated carbocycles. The van der Waals surface area contributed by atoms with Gasteiger partial charge in [-0.05, 0) is 42.3 Å². The number of nitriles is 1. The molecule has 1 aliphatic rings. The summed E-state index contributed by atoms with van der Waals surface area (Å²) in [4.78, 5) is 26.8. The van der Waals surface area contributed by atoms with Crippen LogP contribution in [0.15, 0.2) is 59.1 Å². The van der Waals surface area contributed by atoms with E-state index in [1.807, 2.05) is 12.1 Å². The van der Waals surface area contributed by atoms with Gasteiger partial charge in [0.15, 0.2) is 0 Å². The first-order valence-corrected chi connectivity index (χ1v) is 9.96. The molecule has 28 heavy (non-hydrogen) atoms. The van der Waals surface area contributed by atoms with Crippen molar-refractivity contribution in [2.24, 2.45) is 0 Å². The average Bonchev–Trinajstić information content (AvgIpc) is 3.01. The number of anilines is 1. The Kier molecular flexibility index (Phi) is 6.30. The van der Waals surface area contributed by atoms with E-state index in [-0.39, 0.29) is 11.5 Å². The van der Waals surface area contributed by atoms with Crippen molar-refractivity contribution in [3.8, 4) is 6.07 Å². The maximum absolute atomic E-state index is 13.2. The van der Waals surface area contributed by atoms with Crippen LogP contribution in [0.1, 0.15) is 5.56 Å². The van der Waals surface area contributed by atoms with E-state index >= 15 is 0 Å². The summed E-state index contributed by atoms with van der Waals surface area (Å²) in [6.07, 6.45) is 0.322. The van der Waals surface area contributed by atoms with Gasteiger partial charge in [0.05, 0.1) is 5.25 Å². The van der Waals surface area contributed by atoms with Crippen LogP contribution in [0, 0.1) is 11.3 Å².